The minimum atomic E-state index is -4.94. The van der Waals surface area contributed by atoms with Crippen LogP contribution in [0.15, 0.2) is 23.1 Å². The fourth-order valence-corrected chi connectivity index (χ4v) is 4.30. The Morgan fingerprint density at radius 3 is 2.64 bits per heavy atom. The second-order valence-electron chi connectivity index (χ2n) is 5.11. The fourth-order valence-electron chi connectivity index (χ4n) is 2.58. The molecule has 0 spiro atoms. The number of nitrogens with zero attached hydrogens (tertiary/aromatic N) is 1. The summed E-state index contributed by atoms with van der Waals surface area (Å²) in [6.07, 6.45) is -3.67. The number of likely N-dealkylation sites (N-methyl/N-ethyl adjacent to an activating group) is 1. The van der Waals surface area contributed by atoms with E-state index in [1.54, 1.807) is 7.05 Å². The van der Waals surface area contributed by atoms with Crippen LogP contribution in [-0.2, 0) is 16.2 Å². The molecule has 0 amide bonds. The summed E-state index contributed by atoms with van der Waals surface area (Å²) in [5.41, 5.74) is -1.57. The largest absolute Gasteiger partial charge is 0.419 e. The predicted molar refractivity (Wildman–Crippen MR) is 72.2 cm³/mol. The minimum absolute atomic E-state index is 0.243. The van der Waals surface area contributed by atoms with Crippen molar-refractivity contribution < 1.29 is 26.0 Å². The highest BCUT2D eigenvalue weighted by Gasteiger charge is 2.38. The lowest BCUT2D eigenvalue weighted by molar-refractivity contribution is -0.140. The highest BCUT2D eigenvalue weighted by Crippen LogP contribution is 2.34. The van der Waals surface area contributed by atoms with Gasteiger partial charge >= 0.3 is 6.18 Å². The summed E-state index contributed by atoms with van der Waals surface area (Å²) in [4.78, 5) is -0.538. The first kappa shape index (κ1) is 17.2. The second kappa shape index (κ2) is 6.13. The Morgan fingerprint density at radius 1 is 1.36 bits per heavy atom. The van der Waals surface area contributed by atoms with Crippen LogP contribution in [0, 0.1) is 5.82 Å². The Labute approximate surface area is 126 Å². The molecule has 2 rings (SSSR count). The van der Waals surface area contributed by atoms with Crippen molar-refractivity contribution in [1.29, 1.82) is 0 Å². The van der Waals surface area contributed by atoms with E-state index in [0.717, 1.165) is 6.07 Å². The van der Waals surface area contributed by atoms with Crippen LogP contribution in [0.4, 0.5) is 17.6 Å². The van der Waals surface area contributed by atoms with Crippen molar-refractivity contribution in [3.05, 3.63) is 29.6 Å². The third-order valence-electron chi connectivity index (χ3n) is 3.61. The Morgan fingerprint density at radius 2 is 2.05 bits per heavy atom. The highest BCUT2D eigenvalue weighted by atomic mass is 32.2. The van der Waals surface area contributed by atoms with Gasteiger partial charge in [0.25, 0.3) is 0 Å². The van der Waals surface area contributed by atoms with Gasteiger partial charge in [-0.05, 0) is 38.1 Å². The molecule has 1 atom stereocenters. The summed E-state index contributed by atoms with van der Waals surface area (Å²) in [7, 11) is -2.41. The highest BCUT2D eigenvalue weighted by molar-refractivity contribution is 7.89. The third kappa shape index (κ3) is 3.26. The Balaban J connectivity index is 2.42. The van der Waals surface area contributed by atoms with E-state index >= 15 is 0 Å². The van der Waals surface area contributed by atoms with Crippen LogP contribution in [0.2, 0.25) is 0 Å². The fraction of sp³-hybridized carbons (Fsp3) is 0.538. The SMILES string of the molecule is CNC[C@H]1CCCN1S(=O)(=O)c1ccc(F)c(C(F)(F)F)c1. The molecule has 1 aromatic rings. The van der Waals surface area contributed by atoms with Gasteiger partial charge in [0.05, 0.1) is 10.5 Å². The number of sulfonamides is 1. The standard InChI is InChI=1S/C13H16F4N2O2S/c1-18-8-9-3-2-6-19(9)22(20,21)10-4-5-12(14)11(7-10)13(15,16)17/h4-5,7,9,18H,2-3,6,8H2,1H3/t9-/m1/s1. The molecule has 0 unspecified atom stereocenters. The number of rotatable bonds is 4. The number of hydrogen-bond acceptors (Lipinski definition) is 3. The molecule has 0 radical (unpaired) electrons. The van der Waals surface area contributed by atoms with E-state index in [9.17, 15) is 26.0 Å². The normalized spacial score (nSPS) is 20.5. The molecule has 0 aromatic heterocycles. The summed E-state index contributed by atoms with van der Waals surface area (Å²) in [6.45, 7) is 0.653. The number of nitrogens with one attached hydrogen (secondary N) is 1. The average Bonchev–Trinajstić information content (AvgIpc) is 2.87. The Kier molecular flexibility index (Phi) is 4.78. The van der Waals surface area contributed by atoms with Crippen LogP contribution in [0.25, 0.3) is 0 Å². The Hall–Kier alpha value is -1.19. The molecule has 0 aliphatic carbocycles. The van der Waals surface area contributed by atoms with E-state index in [4.69, 9.17) is 0 Å². The van der Waals surface area contributed by atoms with Crippen molar-refractivity contribution in [2.45, 2.75) is 30.0 Å². The van der Waals surface area contributed by atoms with E-state index < -0.39 is 32.5 Å². The van der Waals surface area contributed by atoms with Gasteiger partial charge in [0.15, 0.2) is 0 Å². The summed E-state index contributed by atoms with van der Waals surface area (Å²) in [5, 5.41) is 2.86. The van der Waals surface area contributed by atoms with Crippen LogP contribution in [0.1, 0.15) is 18.4 Å². The van der Waals surface area contributed by atoms with E-state index in [0.29, 0.717) is 31.5 Å². The van der Waals surface area contributed by atoms with Gasteiger partial charge in [0.2, 0.25) is 10.0 Å². The van der Waals surface area contributed by atoms with E-state index in [1.165, 1.54) is 4.31 Å². The first-order valence-electron chi connectivity index (χ1n) is 6.71. The number of hydrogen-bond donors (Lipinski definition) is 1. The summed E-state index contributed by atoms with van der Waals surface area (Å²) >= 11 is 0. The van der Waals surface area contributed by atoms with Crippen LogP contribution >= 0.6 is 0 Å². The molecule has 124 valence electrons. The molecule has 22 heavy (non-hydrogen) atoms. The molecule has 1 saturated heterocycles. The summed E-state index contributed by atoms with van der Waals surface area (Å²) in [6, 6.07) is 1.46. The second-order valence-corrected chi connectivity index (χ2v) is 7.00. The van der Waals surface area contributed by atoms with Crippen molar-refractivity contribution in [1.82, 2.24) is 9.62 Å². The predicted octanol–water partition coefficient (Wildman–Crippen LogP) is 2.22. The van der Waals surface area contributed by atoms with E-state index in [2.05, 4.69) is 5.32 Å². The lowest BCUT2D eigenvalue weighted by Gasteiger charge is -2.24. The van der Waals surface area contributed by atoms with Crippen molar-refractivity contribution in [2.75, 3.05) is 20.1 Å². The molecule has 1 N–H and O–H groups in total. The topological polar surface area (TPSA) is 49.4 Å². The first-order valence-corrected chi connectivity index (χ1v) is 8.15. The quantitative estimate of drug-likeness (QED) is 0.855. The molecular weight excluding hydrogens is 324 g/mol. The van der Waals surface area contributed by atoms with Gasteiger partial charge in [-0.15, -0.1) is 0 Å². The maximum Gasteiger partial charge on any atom is 0.419 e. The first-order chi connectivity index (χ1) is 10.2. The molecule has 0 bridgehead atoms. The van der Waals surface area contributed by atoms with Crippen molar-refractivity contribution in [2.24, 2.45) is 0 Å². The molecule has 0 saturated carbocycles. The van der Waals surface area contributed by atoms with Gasteiger partial charge in [0.1, 0.15) is 5.82 Å². The molecule has 4 nitrogen and oxygen atoms in total. The summed E-state index contributed by atoms with van der Waals surface area (Å²) in [5.74, 6) is -1.49. The van der Waals surface area contributed by atoms with Gasteiger partial charge in [-0.1, -0.05) is 0 Å². The lowest BCUT2D eigenvalue weighted by atomic mass is 10.2. The van der Waals surface area contributed by atoms with Crippen molar-refractivity contribution in [3.63, 3.8) is 0 Å². The maximum atomic E-state index is 13.3. The van der Waals surface area contributed by atoms with Crippen LogP contribution < -0.4 is 5.32 Å². The maximum absolute atomic E-state index is 13.3. The van der Waals surface area contributed by atoms with Gasteiger partial charge in [0, 0.05) is 19.1 Å². The zero-order chi connectivity index (χ0) is 16.5. The molecule has 1 aliphatic heterocycles. The van der Waals surface area contributed by atoms with Gasteiger partial charge in [-0.3, -0.25) is 0 Å². The number of benzene rings is 1. The van der Waals surface area contributed by atoms with Gasteiger partial charge < -0.3 is 5.32 Å². The zero-order valence-electron chi connectivity index (χ0n) is 11.8. The molecular formula is C13H16F4N2O2S. The molecule has 1 aromatic carbocycles. The smallest absolute Gasteiger partial charge is 0.318 e. The third-order valence-corrected chi connectivity index (χ3v) is 5.56. The zero-order valence-corrected chi connectivity index (χ0v) is 12.6. The van der Waals surface area contributed by atoms with Crippen molar-refractivity contribution >= 4 is 10.0 Å². The monoisotopic (exact) mass is 340 g/mol. The van der Waals surface area contributed by atoms with E-state index in [1.807, 2.05) is 0 Å². The Bertz CT molecular complexity index is 646. The van der Waals surface area contributed by atoms with Crippen molar-refractivity contribution in [3.8, 4) is 0 Å². The van der Waals surface area contributed by atoms with Gasteiger partial charge in [-0.25, -0.2) is 12.8 Å². The lowest BCUT2D eigenvalue weighted by Crippen LogP contribution is -2.40. The van der Waals surface area contributed by atoms with Gasteiger partial charge in [-0.2, -0.15) is 17.5 Å². The number of alkyl halides is 3. The molecule has 9 heteroatoms. The minimum Gasteiger partial charge on any atom is -0.318 e. The van der Waals surface area contributed by atoms with Crippen LogP contribution in [-0.4, -0.2) is 38.9 Å². The average molecular weight is 340 g/mol. The molecule has 1 heterocycles. The van der Waals surface area contributed by atoms with Crippen LogP contribution in [0.3, 0.4) is 0 Å². The van der Waals surface area contributed by atoms with Crippen LogP contribution in [0.5, 0.6) is 0 Å². The molecule has 1 fully saturated rings. The molecule has 1 aliphatic rings. The summed E-state index contributed by atoms with van der Waals surface area (Å²) < 4.78 is 77.7. The number of halogens is 4. The van der Waals surface area contributed by atoms with E-state index in [-0.39, 0.29) is 12.6 Å².